The number of rotatable bonds is 8. The third-order valence-electron chi connectivity index (χ3n) is 6.36. The van der Waals surface area contributed by atoms with Crippen LogP contribution in [0.4, 0.5) is 0 Å². The SMILES string of the molecule is COc1ccc(C(C)C)cc1S(=O)(=O)N1CCC[C@H](C(=O)NCCC2=CCCCC2)C1. The number of amides is 1. The summed E-state index contributed by atoms with van der Waals surface area (Å²) in [5.41, 5.74) is 2.37. The first-order valence-corrected chi connectivity index (χ1v) is 12.9. The first-order valence-electron chi connectivity index (χ1n) is 11.5. The molecule has 1 aromatic rings. The van der Waals surface area contributed by atoms with Crippen molar-refractivity contribution in [2.24, 2.45) is 5.92 Å². The van der Waals surface area contributed by atoms with E-state index in [0.29, 0.717) is 31.7 Å². The van der Waals surface area contributed by atoms with Crippen LogP contribution in [0.25, 0.3) is 0 Å². The van der Waals surface area contributed by atoms with E-state index in [0.717, 1.165) is 24.8 Å². The molecule has 0 bridgehead atoms. The molecule has 0 unspecified atom stereocenters. The lowest BCUT2D eigenvalue weighted by atomic mass is 9.96. The molecular weight excluding hydrogens is 412 g/mol. The first kappa shape index (κ1) is 23.8. The Morgan fingerprint density at radius 2 is 2.06 bits per heavy atom. The largest absolute Gasteiger partial charge is 0.495 e. The molecule has 1 aliphatic heterocycles. The van der Waals surface area contributed by atoms with Crippen LogP contribution in [0, 0.1) is 5.92 Å². The molecule has 2 aliphatic rings. The number of allylic oxidation sites excluding steroid dienone is 1. The maximum atomic E-state index is 13.4. The number of nitrogens with one attached hydrogen (secondary N) is 1. The van der Waals surface area contributed by atoms with E-state index in [1.54, 1.807) is 12.1 Å². The van der Waals surface area contributed by atoms with E-state index >= 15 is 0 Å². The van der Waals surface area contributed by atoms with Crippen molar-refractivity contribution in [3.8, 4) is 5.75 Å². The summed E-state index contributed by atoms with van der Waals surface area (Å²) in [5, 5.41) is 3.03. The van der Waals surface area contributed by atoms with Gasteiger partial charge in [0.1, 0.15) is 10.6 Å². The van der Waals surface area contributed by atoms with Gasteiger partial charge < -0.3 is 10.1 Å². The number of carbonyl (C=O) groups excluding carboxylic acids is 1. The predicted molar refractivity (Wildman–Crippen MR) is 123 cm³/mol. The summed E-state index contributed by atoms with van der Waals surface area (Å²) in [6.07, 6.45) is 9.33. The second kappa shape index (κ2) is 10.6. The number of piperidine rings is 1. The number of hydrogen-bond acceptors (Lipinski definition) is 4. The molecule has 7 heteroatoms. The third kappa shape index (κ3) is 5.89. The summed E-state index contributed by atoms with van der Waals surface area (Å²) in [6.45, 7) is 5.32. The van der Waals surface area contributed by atoms with Crippen LogP contribution in [-0.4, -0.2) is 45.4 Å². The second-order valence-corrected chi connectivity index (χ2v) is 10.8. The highest BCUT2D eigenvalue weighted by Gasteiger charge is 2.35. The molecule has 172 valence electrons. The maximum absolute atomic E-state index is 13.4. The van der Waals surface area contributed by atoms with E-state index in [-0.39, 0.29) is 29.2 Å². The number of sulfonamides is 1. The van der Waals surface area contributed by atoms with Crippen molar-refractivity contribution in [3.05, 3.63) is 35.4 Å². The molecule has 3 rings (SSSR count). The van der Waals surface area contributed by atoms with Crippen LogP contribution in [0.3, 0.4) is 0 Å². The quantitative estimate of drug-likeness (QED) is 0.604. The van der Waals surface area contributed by atoms with Crippen LogP contribution in [0.15, 0.2) is 34.7 Å². The van der Waals surface area contributed by atoms with Gasteiger partial charge >= 0.3 is 0 Å². The summed E-state index contributed by atoms with van der Waals surface area (Å²) in [7, 11) is -2.26. The van der Waals surface area contributed by atoms with Gasteiger partial charge in [-0.15, -0.1) is 0 Å². The van der Waals surface area contributed by atoms with Gasteiger partial charge in [0.05, 0.1) is 13.0 Å². The number of carbonyl (C=O) groups is 1. The van der Waals surface area contributed by atoms with Crippen molar-refractivity contribution in [2.75, 3.05) is 26.7 Å². The normalized spacial score (nSPS) is 20.4. The molecule has 31 heavy (non-hydrogen) atoms. The highest BCUT2D eigenvalue weighted by atomic mass is 32.2. The van der Waals surface area contributed by atoms with Crippen LogP contribution in [0.5, 0.6) is 5.75 Å². The molecule has 6 nitrogen and oxygen atoms in total. The standard InChI is InChI=1S/C24H36N2O4S/c1-18(2)20-11-12-22(30-3)23(16-20)31(28,29)26-15-7-10-21(17-26)24(27)25-14-13-19-8-5-4-6-9-19/h8,11-12,16,18,21H,4-7,9-10,13-15,17H2,1-3H3,(H,25,27)/t21-/m0/s1. The zero-order valence-electron chi connectivity index (χ0n) is 19.0. The summed E-state index contributed by atoms with van der Waals surface area (Å²) in [5.74, 6) is 0.193. The Morgan fingerprint density at radius 3 is 2.74 bits per heavy atom. The van der Waals surface area contributed by atoms with Crippen molar-refractivity contribution >= 4 is 15.9 Å². The Kier molecular flexibility index (Phi) is 8.17. The lowest BCUT2D eigenvalue weighted by Gasteiger charge is -2.31. The number of methoxy groups -OCH3 is 1. The molecule has 0 radical (unpaired) electrons. The minimum atomic E-state index is -3.75. The highest BCUT2D eigenvalue weighted by Crippen LogP contribution is 2.32. The van der Waals surface area contributed by atoms with Crippen LogP contribution in [0.1, 0.15) is 70.3 Å². The van der Waals surface area contributed by atoms with Crippen LogP contribution in [-0.2, 0) is 14.8 Å². The van der Waals surface area contributed by atoms with Gasteiger partial charge in [-0.25, -0.2) is 8.42 Å². The minimum Gasteiger partial charge on any atom is -0.495 e. The average Bonchev–Trinajstić information content (AvgIpc) is 2.79. The van der Waals surface area contributed by atoms with Crippen molar-refractivity contribution in [1.82, 2.24) is 9.62 Å². The smallest absolute Gasteiger partial charge is 0.246 e. The molecule has 1 aromatic carbocycles. The van der Waals surface area contributed by atoms with Crippen molar-refractivity contribution < 1.29 is 17.9 Å². The average molecular weight is 449 g/mol. The molecule has 0 saturated carbocycles. The Labute approximate surface area is 187 Å². The van der Waals surface area contributed by atoms with Crippen molar-refractivity contribution in [1.29, 1.82) is 0 Å². The predicted octanol–water partition coefficient (Wildman–Crippen LogP) is 4.23. The van der Waals surface area contributed by atoms with E-state index in [1.807, 2.05) is 19.9 Å². The number of ether oxygens (including phenoxy) is 1. The van der Waals surface area contributed by atoms with Gasteiger partial charge in [0.25, 0.3) is 0 Å². The first-order chi connectivity index (χ1) is 14.8. The Balaban J connectivity index is 1.67. The number of nitrogens with zero attached hydrogens (tertiary/aromatic N) is 1. The Bertz CT molecular complexity index is 908. The lowest BCUT2D eigenvalue weighted by Crippen LogP contribution is -2.45. The van der Waals surface area contributed by atoms with Crippen LogP contribution < -0.4 is 10.1 Å². The minimum absolute atomic E-state index is 0.0424. The van der Waals surface area contributed by atoms with Crippen molar-refractivity contribution in [2.45, 2.75) is 69.6 Å². The van der Waals surface area contributed by atoms with E-state index in [4.69, 9.17) is 4.74 Å². The summed E-state index contributed by atoms with van der Waals surface area (Å²) in [4.78, 5) is 12.9. The van der Waals surface area contributed by atoms with Crippen LogP contribution in [0.2, 0.25) is 0 Å². The number of benzene rings is 1. The number of hydrogen-bond donors (Lipinski definition) is 1. The van der Waals surface area contributed by atoms with Gasteiger partial charge in [-0.3, -0.25) is 4.79 Å². The van der Waals surface area contributed by atoms with Crippen LogP contribution >= 0.6 is 0 Å². The van der Waals surface area contributed by atoms with Crippen molar-refractivity contribution in [3.63, 3.8) is 0 Å². The highest BCUT2D eigenvalue weighted by molar-refractivity contribution is 7.89. The second-order valence-electron chi connectivity index (χ2n) is 8.92. The zero-order valence-corrected chi connectivity index (χ0v) is 19.8. The van der Waals surface area contributed by atoms with E-state index in [9.17, 15) is 13.2 Å². The van der Waals surface area contributed by atoms with E-state index in [1.165, 1.54) is 29.8 Å². The van der Waals surface area contributed by atoms with Gasteiger partial charge in [-0.2, -0.15) is 4.31 Å². The molecule has 1 heterocycles. The van der Waals surface area contributed by atoms with Gasteiger partial charge in [0, 0.05) is 19.6 Å². The summed E-state index contributed by atoms with van der Waals surface area (Å²) in [6, 6.07) is 5.33. The summed E-state index contributed by atoms with van der Waals surface area (Å²) < 4.78 is 33.7. The van der Waals surface area contributed by atoms with E-state index < -0.39 is 10.0 Å². The van der Waals surface area contributed by atoms with E-state index in [2.05, 4.69) is 11.4 Å². The Morgan fingerprint density at radius 1 is 1.26 bits per heavy atom. The maximum Gasteiger partial charge on any atom is 0.246 e. The van der Waals surface area contributed by atoms with Gasteiger partial charge in [0.2, 0.25) is 15.9 Å². The molecule has 1 atom stereocenters. The molecule has 1 fully saturated rings. The van der Waals surface area contributed by atoms with Gasteiger partial charge in [-0.1, -0.05) is 31.6 Å². The van der Waals surface area contributed by atoms with Gasteiger partial charge in [-0.05, 0) is 68.6 Å². The lowest BCUT2D eigenvalue weighted by molar-refractivity contribution is -0.126. The summed E-state index contributed by atoms with van der Waals surface area (Å²) >= 11 is 0. The fourth-order valence-corrected chi connectivity index (χ4v) is 6.10. The molecule has 1 amide bonds. The third-order valence-corrected chi connectivity index (χ3v) is 8.24. The molecule has 0 aromatic heterocycles. The molecule has 1 aliphatic carbocycles. The van der Waals surface area contributed by atoms with Gasteiger partial charge in [0.15, 0.2) is 0 Å². The molecular formula is C24H36N2O4S. The zero-order chi connectivity index (χ0) is 22.4. The molecule has 0 spiro atoms. The fraction of sp³-hybridized carbons (Fsp3) is 0.625. The monoisotopic (exact) mass is 448 g/mol. The molecule has 1 saturated heterocycles. The topological polar surface area (TPSA) is 75.7 Å². The Hall–Kier alpha value is -1.86. The molecule has 1 N–H and O–H groups in total. The fourth-order valence-electron chi connectivity index (χ4n) is 4.39.